The number of piperazine rings is 1. The molecule has 0 unspecified atom stereocenters. The van der Waals surface area contributed by atoms with Crippen LogP contribution in [0.3, 0.4) is 0 Å². The van der Waals surface area contributed by atoms with Gasteiger partial charge in [-0.3, -0.25) is 0 Å². The quantitative estimate of drug-likeness (QED) is 0.879. The molecule has 0 radical (unpaired) electrons. The van der Waals surface area contributed by atoms with Crippen LogP contribution in [0.25, 0.3) is 11.4 Å². The minimum absolute atomic E-state index is 0.173. The summed E-state index contributed by atoms with van der Waals surface area (Å²) in [5, 5.41) is 9.09. The van der Waals surface area contributed by atoms with E-state index in [9.17, 15) is 4.79 Å². The fourth-order valence-electron chi connectivity index (χ4n) is 4.10. The highest BCUT2D eigenvalue weighted by Crippen LogP contribution is 2.38. The summed E-state index contributed by atoms with van der Waals surface area (Å²) in [5.74, 6) is 1.28. The van der Waals surface area contributed by atoms with E-state index < -0.39 is 6.09 Å². The Hall–Kier alpha value is -2.70. The van der Waals surface area contributed by atoms with E-state index in [1.807, 2.05) is 4.90 Å². The molecule has 1 amide bonds. The van der Waals surface area contributed by atoms with Crippen LogP contribution in [0.1, 0.15) is 37.8 Å². The normalized spacial score (nSPS) is 18.9. The average Bonchev–Trinajstić information content (AvgIpc) is 2.68. The predicted molar refractivity (Wildman–Crippen MR) is 103 cm³/mol. The third-order valence-corrected chi connectivity index (χ3v) is 5.74. The number of benzene rings is 1. The van der Waals surface area contributed by atoms with E-state index >= 15 is 0 Å². The molecule has 7 nitrogen and oxygen atoms in total. The summed E-state index contributed by atoms with van der Waals surface area (Å²) in [4.78, 5) is 27.9. The minimum atomic E-state index is -0.873. The van der Waals surface area contributed by atoms with E-state index in [0.29, 0.717) is 38.0 Å². The summed E-state index contributed by atoms with van der Waals surface area (Å²) in [6.45, 7) is 6.71. The maximum Gasteiger partial charge on any atom is 0.407 e. The molecule has 7 heteroatoms. The Balaban J connectivity index is 1.59. The van der Waals surface area contributed by atoms with Crippen LogP contribution in [0.5, 0.6) is 0 Å². The van der Waals surface area contributed by atoms with Crippen LogP contribution in [-0.2, 0) is 11.8 Å². The fraction of sp³-hybridized carbons (Fsp3) is 0.500. The number of hydrogen-bond acceptors (Lipinski definition) is 5. The Bertz CT molecular complexity index is 859. The van der Waals surface area contributed by atoms with Crippen LogP contribution in [0.2, 0.25) is 0 Å². The number of nitrogens with zero attached hydrogens (tertiary/aromatic N) is 5. The predicted octanol–water partition coefficient (Wildman–Crippen LogP) is 2.95. The first-order valence-corrected chi connectivity index (χ1v) is 9.50. The summed E-state index contributed by atoms with van der Waals surface area (Å²) in [6.07, 6.45) is 4.24. The Labute approximate surface area is 159 Å². The number of carbonyl (C=O) groups is 1. The molecule has 0 atom stereocenters. The highest BCUT2D eigenvalue weighted by atomic mass is 16.4. The maximum atomic E-state index is 11.1. The van der Waals surface area contributed by atoms with Gasteiger partial charge in [0.2, 0.25) is 5.95 Å². The van der Waals surface area contributed by atoms with Crippen LogP contribution >= 0.6 is 0 Å². The molecule has 2 aliphatic rings. The van der Waals surface area contributed by atoms with Gasteiger partial charge in [0.25, 0.3) is 0 Å². The molecule has 1 aliphatic heterocycles. The Morgan fingerprint density at radius 3 is 2.67 bits per heavy atom. The second-order valence-corrected chi connectivity index (χ2v) is 7.98. The number of rotatable bonds is 2. The molecular formula is C20H25N5O2. The molecule has 1 aromatic heterocycles. The lowest BCUT2D eigenvalue weighted by molar-refractivity contribution is 0.142. The molecule has 0 bridgehead atoms. The van der Waals surface area contributed by atoms with E-state index in [1.54, 1.807) is 6.33 Å². The van der Waals surface area contributed by atoms with E-state index in [1.165, 1.54) is 28.9 Å². The number of aromatic nitrogens is 3. The van der Waals surface area contributed by atoms with Gasteiger partial charge in [-0.15, -0.1) is 0 Å². The Morgan fingerprint density at radius 2 is 1.93 bits per heavy atom. The zero-order valence-electron chi connectivity index (χ0n) is 15.9. The molecule has 2 aromatic rings. The van der Waals surface area contributed by atoms with Crippen LogP contribution in [0.15, 0.2) is 24.5 Å². The van der Waals surface area contributed by atoms with Crippen molar-refractivity contribution < 1.29 is 9.90 Å². The summed E-state index contributed by atoms with van der Waals surface area (Å²) in [6, 6.07) is 6.54. The molecule has 1 aliphatic carbocycles. The summed E-state index contributed by atoms with van der Waals surface area (Å²) >= 11 is 0. The maximum absolute atomic E-state index is 11.1. The highest BCUT2D eigenvalue weighted by molar-refractivity contribution is 5.65. The molecule has 1 aromatic carbocycles. The van der Waals surface area contributed by atoms with E-state index in [0.717, 1.165) is 12.0 Å². The van der Waals surface area contributed by atoms with E-state index in [4.69, 9.17) is 5.11 Å². The summed E-state index contributed by atoms with van der Waals surface area (Å²) < 4.78 is 0. The molecule has 1 N–H and O–H groups in total. The second kappa shape index (κ2) is 6.79. The van der Waals surface area contributed by atoms with Crippen molar-refractivity contribution in [3.05, 3.63) is 35.7 Å². The molecule has 4 rings (SSSR count). The molecule has 1 saturated heterocycles. The first kappa shape index (κ1) is 17.7. The first-order chi connectivity index (χ1) is 12.9. The highest BCUT2D eigenvalue weighted by Gasteiger charge is 2.28. The second-order valence-electron chi connectivity index (χ2n) is 7.98. The van der Waals surface area contributed by atoms with Crippen molar-refractivity contribution in [2.45, 2.75) is 38.5 Å². The zero-order chi connectivity index (χ0) is 19.0. The van der Waals surface area contributed by atoms with Gasteiger partial charge in [0, 0.05) is 31.7 Å². The van der Waals surface area contributed by atoms with E-state index in [-0.39, 0.29) is 5.41 Å². The van der Waals surface area contributed by atoms with Crippen molar-refractivity contribution in [3.8, 4) is 11.4 Å². The smallest absolute Gasteiger partial charge is 0.407 e. The third-order valence-electron chi connectivity index (χ3n) is 5.74. The molecule has 1 fully saturated rings. The zero-order valence-corrected chi connectivity index (χ0v) is 15.9. The van der Waals surface area contributed by atoms with Gasteiger partial charge in [-0.25, -0.2) is 14.8 Å². The van der Waals surface area contributed by atoms with Gasteiger partial charge in [-0.2, -0.15) is 4.98 Å². The van der Waals surface area contributed by atoms with Crippen molar-refractivity contribution in [3.63, 3.8) is 0 Å². The van der Waals surface area contributed by atoms with Gasteiger partial charge in [-0.1, -0.05) is 26.0 Å². The Kier molecular flexibility index (Phi) is 4.45. The van der Waals surface area contributed by atoms with Gasteiger partial charge in [0.15, 0.2) is 5.82 Å². The molecule has 0 saturated carbocycles. The van der Waals surface area contributed by atoms with Crippen LogP contribution < -0.4 is 4.90 Å². The minimum Gasteiger partial charge on any atom is -0.465 e. The van der Waals surface area contributed by atoms with Crippen LogP contribution in [0, 0.1) is 0 Å². The summed E-state index contributed by atoms with van der Waals surface area (Å²) in [7, 11) is 0. The largest absolute Gasteiger partial charge is 0.465 e. The lowest BCUT2D eigenvalue weighted by atomic mass is 9.72. The Morgan fingerprint density at radius 1 is 1.15 bits per heavy atom. The van der Waals surface area contributed by atoms with Gasteiger partial charge < -0.3 is 14.9 Å². The van der Waals surface area contributed by atoms with Crippen LogP contribution in [0.4, 0.5) is 10.7 Å². The molecule has 2 heterocycles. The number of fused-ring (bicyclic) bond motifs is 1. The van der Waals surface area contributed by atoms with Crippen molar-refractivity contribution in [2.75, 3.05) is 31.1 Å². The van der Waals surface area contributed by atoms with E-state index in [2.05, 4.69) is 47.0 Å². The number of carboxylic acid groups (broad SMARTS) is 1. The number of amides is 1. The molecule has 0 spiro atoms. The van der Waals surface area contributed by atoms with Gasteiger partial charge in [-0.05, 0) is 41.9 Å². The SMILES string of the molecule is CC1(C)CCCc2ccc(-c3ncnc(N4CCN(C(=O)O)CC4)n3)cc21. The number of anilines is 1. The van der Waals surface area contributed by atoms with Gasteiger partial charge in [0.05, 0.1) is 0 Å². The summed E-state index contributed by atoms with van der Waals surface area (Å²) in [5.41, 5.74) is 4.00. The van der Waals surface area contributed by atoms with Crippen LogP contribution in [-0.4, -0.2) is 57.2 Å². The molecular weight excluding hydrogens is 342 g/mol. The number of hydrogen-bond donors (Lipinski definition) is 1. The van der Waals surface area contributed by atoms with Crippen molar-refractivity contribution in [2.24, 2.45) is 0 Å². The average molecular weight is 367 g/mol. The lowest BCUT2D eigenvalue weighted by Crippen LogP contribution is -2.48. The lowest BCUT2D eigenvalue weighted by Gasteiger charge is -2.33. The monoisotopic (exact) mass is 367 g/mol. The van der Waals surface area contributed by atoms with Crippen molar-refractivity contribution in [1.82, 2.24) is 19.9 Å². The molecule has 142 valence electrons. The topological polar surface area (TPSA) is 82.5 Å². The number of aryl methyl sites for hydroxylation is 1. The van der Waals surface area contributed by atoms with Gasteiger partial charge >= 0.3 is 6.09 Å². The first-order valence-electron chi connectivity index (χ1n) is 9.50. The fourth-order valence-corrected chi connectivity index (χ4v) is 4.10. The van der Waals surface area contributed by atoms with Crippen molar-refractivity contribution >= 4 is 12.0 Å². The third kappa shape index (κ3) is 3.46. The van der Waals surface area contributed by atoms with Gasteiger partial charge in [0.1, 0.15) is 6.33 Å². The standard InChI is InChI=1S/C20H25N5O2/c1-20(2)7-3-4-14-5-6-15(12-16(14)20)17-21-13-22-18(23-17)24-8-10-25(11-9-24)19(26)27/h5-6,12-13H,3-4,7-11H2,1-2H3,(H,26,27). The molecule has 27 heavy (non-hydrogen) atoms. The van der Waals surface area contributed by atoms with Crippen molar-refractivity contribution in [1.29, 1.82) is 0 Å².